The van der Waals surface area contributed by atoms with E-state index >= 15 is 0 Å². The first-order valence-electron chi connectivity index (χ1n) is 5.32. The average Bonchev–Trinajstić information content (AvgIpc) is 2.76. The molecule has 0 saturated heterocycles. The number of methoxy groups -OCH3 is 1. The van der Waals surface area contributed by atoms with Crippen LogP contribution in [0.3, 0.4) is 0 Å². The summed E-state index contributed by atoms with van der Waals surface area (Å²) >= 11 is 0. The van der Waals surface area contributed by atoms with Gasteiger partial charge in [0.05, 0.1) is 18.5 Å². The van der Waals surface area contributed by atoms with E-state index in [9.17, 15) is 4.79 Å². The van der Waals surface area contributed by atoms with E-state index in [4.69, 9.17) is 4.74 Å². The number of carbonyl (C=O) groups is 1. The Bertz CT molecular complexity index is 535. The molecule has 0 aliphatic heterocycles. The lowest BCUT2D eigenvalue weighted by atomic mass is 9.99. The van der Waals surface area contributed by atoms with Crippen molar-refractivity contribution in [1.29, 1.82) is 0 Å². The van der Waals surface area contributed by atoms with Crippen LogP contribution < -0.4 is 4.74 Å². The van der Waals surface area contributed by atoms with E-state index in [1.165, 1.54) is 0 Å². The van der Waals surface area contributed by atoms with Crippen LogP contribution in [0, 0.1) is 13.8 Å². The van der Waals surface area contributed by atoms with Gasteiger partial charge in [-0.2, -0.15) is 5.10 Å². The van der Waals surface area contributed by atoms with E-state index in [1.54, 1.807) is 13.2 Å². The number of hydrogen-bond donors (Lipinski definition) is 1. The third kappa shape index (κ3) is 2.06. The van der Waals surface area contributed by atoms with Crippen LogP contribution in [0.15, 0.2) is 18.2 Å². The number of hydrogen-bond acceptors (Lipinski definition) is 3. The molecule has 1 aromatic heterocycles. The zero-order chi connectivity index (χ0) is 12.4. The van der Waals surface area contributed by atoms with Crippen molar-refractivity contribution in [2.24, 2.45) is 0 Å². The van der Waals surface area contributed by atoms with E-state index in [2.05, 4.69) is 10.2 Å². The maximum absolute atomic E-state index is 10.6. The van der Waals surface area contributed by atoms with Crippen LogP contribution in [-0.2, 0) is 0 Å². The Morgan fingerprint density at radius 2 is 1.88 bits per heavy atom. The van der Waals surface area contributed by atoms with Gasteiger partial charge in [0, 0.05) is 5.56 Å². The van der Waals surface area contributed by atoms with Crippen molar-refractivity contribution in [3.8, 4) is 17.0 Å². The zero-order valence-corrected chi connectivity index (χ0v) is 10.1. The van der Waals surface area contributed by atoms with Gasteiger partial charge in [-0.25, -0.2) is 0 Å². The average molecular weight is 230 g/mol. The quantitative estimate of drug-likeness (QED) is 0.824. The minimum Gasteiger partial charge on any atom is -0.497 e. The summed E-state index contributed by atoms with van der Waals surface area (Å²) in [5, 5.41) is 6.83. The Kier molecular flexibility index (Phi) is 2.95. The predicted molar refractivity (Wildman–Crippen MR) is 65.4 cm³/mol. The number of nitrogens with one attached hydrogen (secondary N) is 1. The highest BCUT2D eigenvalue weighted by Gasteiger charge is 2.11. The van der Waals surface area contributed by atoms with E-state index < -0.39 is 0 Å². The minimum absolute atomic E-state index is 0.481. The van der Waals surface area contributed by atoms with Gasteiger partial charge in [-0.3, -0.25) is 9.89 Å². The number of rotatable bonds is 3. The molecule has 1 aromatic carbocycles. The molecular weight excluding hydrogens is 216 g/mol. The fourth-order valence-electron chi connectivity index (χ4n) is 1.97. The van der Waals surface area contributed by atoms with Crippen LogP contribution in [0.5, 0.6) is 5.75 Å². The molecule has 17 heavy (non-hydrogen) atoms. The summed E-state index contributed by atoms with van der Waals surface area (Å²) in [6, 6.07) is 5.66. The molecule has 0 aliphatic carbocycles. The Morgan fingerprint density at radius 1 is 1.24 bits per heavy atom. The number of carbonyl (C=O) groups excluding carboxylic acids is 1. The monoisotopic (exact) mass is 230 g/mol. The normalized spacial score (nSPS) is 10.3. The molecule has 4 heteroatoms. The summed E-state index contributed by atoms with van der Waals surface area (Å²) < 4.78 is 5.21. The van der Waals surface area contributed by atoms with Crippen molar-refractivity contribution in [1.82, 2.24) is 10.2 Å². The van der Waals surface area contributed by atoms with Crippen LogP contribution in [-0.4, -0.2) is 23.6 Å². The summed E-state index contributed by atoms with van der Waals surface area (Å²) in [6.07, 6.45) is 0.755. The van der Waals surface area contributed by atoms with E-state index in [1.807, 2.05) is 26.0 Å². The van der Waals surface area contributed by atoms with Crippen molar-refractivity contribution < 1.29 is 9.53 Å². The van der Waals surface area contributed by atoms with Gasteiger partial charge in [0.25, 0.3) is 0 Å². The molecule has 0 saturated carbocycles. The first-order valence-corrected chi connectivity index (χ1v) is 5.32. The summed E-state index contributed by atoms with van der Waals surface area (Å²) in [6.45, 7) is 4.00. The SMILES string of the molecule is COc1cc(C)c(-c2cc(C=O)[nH]n2)c(C)c1. The minimum atomic E-state index is 0.481. The second-order valence-corrected chi connectivity index (χ2v) is 3.96. The van der Waals surface area contributed by atoms with Gasteiger partial charge < -0.3 is 4.74 Å². The molecule has 0 radical (unpaired) electrons. The first-order chi connectivity index (χ1) is 8.15. The van der Waals surface area contributed by atoms with Crippen LogP contribution in [0.2, 0.25) is 0 Å². The van der Waals surface area contributed by atoms with Crippen molar-refractivity contribution in [3.05, 3.63) is 35.0 Å². The van der Waals surface area contributed by atoms with E-state index in [0.717, 1.165) is 34.4 Å². The number of aldehydes is 1. The molecule has 2 rings (SSSR count). The molecule has 1 N–H and O–H groups in total. The number of benzene rings is 1. The number of nitrogens with zero attached hydrogens (tertiary/aromatic N) is 1. The number of aromatic nitrogens is 2. The molecule has 0 unspecified atom stereocenters. The zero-order valence-electron chi connectivity index (χ0n) is 10.1. The van der Waals surface area contributed by atoms with Gasteiger partial charge >= 0.3 is 0 Å². The van der Waals surface area contributed by atoms with Crippen LogP contribution in [0.1, 0.15) is 21.6 Å². The molecule has 0 aliphatic rings. The number of aromatic amines is 1. The molecule has 4 nitrogen and oxygen atoms in total. The summed E-state index contributed by atoms with van der Waals surface area (Å²) in [7, 11) is 1.65. The molecule has 0 spiro atoms. The smallest absolute Gasteiger partial charge is 0.167 e. The third-order valence-corrected chi connectivity index (χ3v) is 2.72. The highest BCUT2D eigenvalue weighted by molar-refractivity contribution is 5.77. The van der Waals surface area contributed by atoms with Crippen LogP contribution >= 0.6 is 0 Å². The second-order valence-electron chi connectivity index (χ2n) is 3.96. The molecule has 0 fully saturated rings. The van der Waals surface area contributed by atoms with Gasteiger partial charge in [-0.1, -0.05) is 0 Å². The number of ether oxygens (including phenoxy) is 1. The lowest BCUT2D eigenvalue weighted by Gasteiger charge is -2.09. The molecular formula is C13H14N2O2. The van der Waals surface area contributed by atoms with E-state index in [-0.39, 0.29) is 0 Å². The van der Waals surface area contributed by atoms with Gasteiger partial charge in [0.2, 0.25) is 0 Å². The summed E-state index contributed by atoms with van der Waals surface area (Å²) in [4.78, 5) is 10.6. The lowest BCUT2D eigenvalue weighted by molar-refractivity contribution is 0.111. The van der Waals surface area contributed by atoms with Crippen molar-refractivity contribution in [2.45, 2.75) is 13.8 Å². The predicted octanol–water partition coefficient (Wildman–Crippen LogP) is 2.51. The second kappa shape index (κ2) is 4.41. The topological polar surface area (TPSA) is 55.0 Å². The summed E-state index contributed by atoms with van der Waals surface area (Å²) in [5.74, 6) is 0.829. The Labute approximate surface area is 99.6 Å². The maximum atomic E-state index is 10.6. The molecule has 1 heterocycles. The first kappa shape index (κ1) is 11.4. The fraction of sp³-hybridized carbons (Fsp3) is 0.231. The lowest BCUT2D eigenvalue weighted by Crippen LogP contribution is -1.91. The third-order valence-electron chi connectivity index (χ3n) is 2.72. The molecule has 0 bridgehead atoms. The van der Waals surface area contributed by atoms with E-state index in [0.29, 0.717) is 5.69 Å². The van der Waals surface area contributed by atoms with Crippen LogP contribution in [0.4, 0.5) is 0 Å². The Morgan fingerprint density at radius 3 is 2.35 bits per heavy atom. The Balaban J connectivity index is 2.55. The highest BCUT2D eigenvalue weighted by Crippen LogP contribution is 2.29. The fourth-order valence-corrected chi connectivity index (χ4v) is 1.97. The van der Waals surface area contributed by atoms with Gasteiger partial charge in [0.15, 0.2) is 6.29 Å². The van der Waals surface area contributed by atoms with Gasteiger partial charge in [-0.15, -0.1) is 0 Å². The molecule has 88 valence electrons. The van der Waals surface area contributed by atoms with Crippen molar-refractivity contribution >= 4 is 6.29 Å². The molecule has 0 atom stereocenters. The van der Waals surface area contributed by atoms with Crippen molar-refractivity contribution in [3.63, 3.8) is 0 Å². The van der Waals surface area contributed by atoms with Gasteiger partial charge in [-0.05, 0) is 43.2 Å². The standard InChI is InChI=1S/C13H14N2O2/c1-8-4-11(17-3)5-9(2)13(8)12-6-10(7-16)14-15-12/h4-7H,1-3H3,(H,14,15). The molecule has 0 amide bonds. The summed E-state index contributed by atoms with van der Waals surface area (Å²) in [5.41, 5.74) is 4.45. The largest absolute Gasteiger partial charge is 0.497 e. The van der Waals surface area contributed by atoms with Gasteiger partial charge in [0.1, 0.15) is 5.75 Å². The maximum Gasteiger partial charge on any atom is 0.167 e. The Hall–Kier alpha value is -2.10. The highest BCUT2D eigenvalue weighted by atomic mass is 16.5. The van der Waals surface area contributed by atoms with Crippen LogP contribution in [0.25, 0.3) is 11.3 Å². The molecule has 2 aromatic rings. The number of H-pyrrole nitrogens is 1. The number of aryl methyl sites for hydroxylation is 2. The van der Waals surface area contributed by atoms with Crippen molar-refractivity contribution in [2.75, 3.05) is 7.11 Å².